The van der Waals surface area contributed by atoms with Gasteiger partial charge in [0.25, 0.3) is 0 Å². The Morgan fingerprint density at radius 3 is 2.89 bits per heavy atom. The van der Waals surface area contributed by atoms with Gasteiger partial charge in [0, 0.05) is 20.0 Å². The second kappa shape index (κ2) is 6.57. The van der Waals surface area contributed by atoms with Gasteiger partial charge in [-0.3, -0.25) is 4.79 Å². The molecule has 2 N–H and O–H groups in total. The first-order valence-corrected chi connectivity index (χ1v) is 6.88. The average molecular weight is 303 g/mol. The normalized spacial score (nSPS) is 23.7. The van der Waals surface area contributed by atoms with Crippen molar-refractivity contribution < 1.29 is 9.53 Å². The molecule has 1 amide bonds. The third-order valence-electron chi connectivity index (χ3n) is 2.97. The number of benzene rings is 1. The van der Waals surface area contributed by atoms with Gasteiger partial charge >= 0.3 is 0 Å². The van der Waals surface area contributed by atoms with E-state index in [1.165, 1.54) is 6.92 Å². The lowest BCUT2D eigenvalue weighted by molar-refractivity contribution is -0.120. The van der Waals surface area contributed by atoms with Crippen LogP contribution in [0.3, 0.4) is 0 Å². The molecule has 1 aliphatic rings. The molecule has 1 aliphatic heterocycles. The lowest BCUT2D eigenvalue weighted by Gasteiger charge is -2.25. The molecular formula is C13H16Cl2N2O2. The van der Waals surface area contributed by atoms with E-state index in [9.17, 15) is 4.79 Å². The molecule has 0 saturated carbocycles. The molecule has 6 heteroatoms. The molecule has 0 spiro atoms. The van der Waals surface area contributed by atoms with Crippen LogP contribution < -0.4 is 10.6 Å². The Hall–Kier alpha value is -0.810. The Kier molecular flexibility index (Phi) is 5.05. The third-order valence-corrected chi connectivity index (χ3v) is 3.71. The van der Waals surface area contributed by atoms with Crippen LogP contribution in [0.5, 0.6) is 0 Å². The molecule has 104 valence electrons. The van der Waals surface area contributed by atoms with E-state index in [1.54, 1.807) is 12.1 Å². The number of nitrogens with one attached hydrogen (secondary N) is 2. The fraction of sp³-hybridized carbons (Fsp3) is 0.462. The highest BCUT2D eigenvalue weighted by atomic mass is 35.5. The van der Waals surface area contributed by atoms with Crippen molar-refractivity contribution in [2.24, 2.45) is 0 Å². The van der Waals surface area contributed by atoms with Crippen LogP contribution in [0, 0.1) is 0 Å². The van der Waals surface area contributed by atoms with Gasteiger partial charge in [-0.05, 0) is 17.7 Å². The summed E-state index contributed by atoms with van der Waals surface area (Å²) < 4.78 is 5.82. The Morgan fingerprint density at radius 2 is 2.21 bits per heavy atom. The zero-order valence-corrected chi connectivity index (χ0v) is 12.1. The van der Waals surface area contributed by atoms with E-state index in [0.717, 1.165) is 12.1 Å². The van der Waals surface area contributed by atoms with Gasteiger partial charge < -0.3 is 15.4 Å². The first kappa shape index (κ1) is 14.6. The highest BCUT2D eigenvalue weighted by Gasteiger charge is 2.27. The molecule has 1 heterocycles. The number of halogens is 2. The van der Waals surface area contributed by atoms with Crippen LogP contribution in [0.25, 0.3) is 0 Å². The van der Waals surface area contributed by atoms with Gasteiger partial charge in [0.2, 0.25) is 5.91 Å². The summed E-state index contributed by atoms with van der Waals surface area (Å²) in [6.45, 7) is 3.50. The van der Waals surface area contributed by atoms with Crippen molar-refractivity contribution in [2.75, 3.05) is 19.7 Å². The quantitative estimate of drug-likeness (QED) is 0.880. The van der Waals surface area contributed by atoms with Crippen LogP contribution >= 0.6 is 23.2 Å². The van der Waals surface area contributed by atoms with Crippen LogP contribution in [0.2, 0.25) is 10.0 Å². The fourth-order valence-corrected chi connectivity index (χ4v) is 2.45. The Bertz CT molecular complexity index is 468. The van der Waals surface area contributed by atoms with Crippen LogP contribution in [0.15, 0.2) is 18.2 Å². The molecule has 2 unspecified atom stereocenters. The zero-order chi connectivity index (χ0) is 13.8. The molecule has 0 bridgehead atoms. The van der Waals surface area contributed by atoms with E-state index in [1.807, 2.05) is 6.07 Å². The van der Waals surface area contributed by atoms with E-state index in [-0.39, 0.29) is 18.1 Å². The summed E-state index contributed by atoms with van der Waals surface area (Å²) in [7, 11) is 0. The van der Waals surface area contributed by atoms with E-state index in [0.29, 0.717) is 23.2 Å². The molecule has 1 saturated heterocycles. The van der Waals surface area contributed by atoms with Crippen molar-refractivity contribution in [3.05, 3.63) is 33.8 Å². The second-order valence-electron chi connectivity index (χ2n) is 4.48. The summed E-state index contributed by atoms with van der Waals surface area (Å²) in [5, 5.41) is 7.13. The van der Waals surface area contributed by atoms with Crippen molar-refractivity contribution >= 4 is 29.1 Å². The first-order chi connectivity index (χ1) is 9.08. The predicted octanol–water partition coefficient (Wildman–Crippen LogP) is 2.16. The van der Waals surface area contributed by atoms with Crippen LogP contribution in [0.1, 0.15) is 18.6 Å². The number of ether oxygens (including phenoxy) is 1. The maximum Gasteiger partial charge on any atom is 0.217 e. The molecule has 2 rings (SSSR count). The molecule has 0 radical (unpaired) electrons. The molecule has 1 aromatic rings. The largest absolute Gasteiger partial charge is 0.370 e. The number of rotatable bonds is 2. The molecule has 19 heavy (non-hydrogen) atoms. The summed E-state index contributed by atoms with van der Waals surface area (Å²) in [5.74, 6) is -0.0811. The molecular weight excluding hydrogens is 287 g/mol. The summed E-state index contributed by atoms with van der Waals surface area (Å²) in [5.41, 5.74) is 0.914. The zero-order valence-electron chi connectivity index (χ0n) is 10.6. The van der Waals surface area contributed by atoms with Gasteiger partial charge in [0.05, 0.1) is 22.7 Å². The van der Waals surface area contributed by atoms with Crippen molar-refractivity contribution in [3.63, 3.8) is 0 Å². The van der Waals surface area contributed by atoms with E-state index in [4.69, 9.17) is 27.9 Å². The van der Waals surface area contributed by atoms with E-state index < -0.39 is 0 Å². The topological polar surface area (TPSA) is 50.4 Å². The Morgan fingerprint density at radius 1 is 1.42 bits per heavy atom. The van der Waals surface area contributed by atoms with E-state index in [2.05, 4.69) is 10.6 Å². The standard InChI is InChI=1S/C13H16Cl2N2O2/c1-8(18)17-12-7-16-4-5-19-13(12)9-2-3-10(14)11(15)6-9/h2-3,6,12-13,16H,4-5,7H2,1H3,(H,17,18). The summed E-state index contributed by atoms with van der Waals surface area (Å²) in [6, 6.07) is 5.27. The molecule has 1 fully saturated rings. The van der Waals surface area contributed by atoms with Gasteiger partial charge in [-0.25, -0.2) is 0 Å². The highest BCUT2D eigenvalue weighted by Crippen LogP contribution is 2.29. The fourth-order valence-electron chi connectivity index (χ4n) is 2.14. The lowest BCUT2D eigenvalue weighted by Crippen LogP contribution is -2.43. The van der Waals surface area contributed by atoms with Gasteiger partial charge in [-0.1, -0.05) is 29.3 Å². The van der Waals surface area contributed by atoms with Crippen LogP contribution in [0.4, 0.5) is 0 Å². The van der Waals surface area contributed by atoms with Crippen molar-refractivity contribution in [2.45, 2.75) is 19.1 Å². The SMILES string of the molecule is CC(=O)NC1CNCCOC1c1ccc(Cl)c(Cl)c1. The molecule has 0 aromatic heterocycles. The monoisotopic (exact) mass is 302 g/mol. The minimum absolute atomic E-state index is 0.0811. The summed E-state index contributed by atoms with van der Waals surface area (Å²) in [6.07, 6.45) is -0.228. The maximum absolute atomic E-state index is 11.3. The number of amides is 1. The van der Waals surface area contributed by atoms with Gasteiger partial charge in [0.1, 0.15) is 6.10 Å². The first-order valence-electron chi connectivity index (χ1n) is 6.12. The minimum atomic E-state index is -0.228. The van der Waals surface area contributed by atoms with Crippen molar-refractivity contribution in [1.82, 2.24) is 10.6 Å². The third kappa shape index (κ3) is 3.83. The van der Waals surface area contributed by atoms with Crippen LogP contribution in [-0.2, 0) is 9.53 Å². The van der Waals surface area contributed by atoms with E-state index >= 15 is 0 Å². The predicted molar refractivity (Wildman–Crippen MR) is 75.6 cm³/mol. The van der Waals surface area contributed by atoms with Crippen molar-refractivity contribution in [3.8, 4) is 0 Å². The summed E-state index contributed by atoms with van der Waals surface area (Å²) in [4.78, 5) is 11.3. The van der Waals surface area contributed by atoms with Crippen LogP contribution in [-0.4, -0.2) is 31.6 Å². The maximum atomic E-state index is 11.3. The Labute approximate surface area is 122 Å². The smallest absolute Gasteiger partial charge is 0.217 e. The molecule has 4 nitrogen and oxygen atoms in total. The number of hydrogen-bond acceptors (Lipinski definition) is 3. The average Bonchev–Trinajstić information content (AvgIpc) is 2.57. The lowest BCUT2D eigenvalue weighted by atomic mass is 10.0. The Balaban J connectivity index is 2.25. The highest BCUT2D eigenvalue weighted by molar-refractivity contribution is 6.42. The number of carbonyl (C=O) groups excluding carboxylic acids is 1. The van der Waals surface area contributed by atoms with Gasteiger partial charge in [-0.2, -0.15) is 0 Å². The minimum Gasteiger partial charge on any atom is -0.370 e. The molecule has 2 atom stereocenters. The molecule has 1 aromatic carbocycles. The van der Waals surface area contributed by atoms with Gasteiger partial charge in [0.15, 0.2) is 0 Å². The number of hydrogen-bond donors (Lipinski definition) is 2. The summed E-state index contributed by atoms with van der Waals surface area (Å²) >= 11 is 12.0. The van der Waals surface area contributed by atoms with Gasteiger partial charge in [-0.15, -0.1) is 0 Å². The number of carbonyl (C=O) groups is 1. The molecule has 0 aliphatic carbocycles. The second-order valence-corrected chi connectivity index (χ2v) is 5.29. The van der Waals surface area contributed by atoms with Crippen molar-refractivity contribution in [1.29, 1.82) is 0 Å².